The van der Waals surface area contributed by atoms with Crippen molar-refractivity contribution in [1.29, 1.82) is 0 Å². The molecule has 1 N–H and O–H groups in total. The molecule has 1 fully saturated rings. The highest BCUT2D eigenvalue weighted by atomic mass is 35.5. The number of carbonyl (C=O) groups excluding carboxylic acids is 1. The summed E-state index contributed by atoms with van der Waals surface area (Å²) in [5, 5.41) is 3.65. The van der Waals surface area contributed by atoms with Crippen molar-refractivity contribution in [1.82, 2.24) is 5.32 Å². The minimum Gasteiger partial charge on any atom is -0.448 e. The SMILES string of the molecule is Cc1c(Cl)ccc2c1OC(C)([C@H]1CC[C@H](NC(=O)OC(C)(C)C)CC1)O2. The first kappa shape index (κ1) is 19.2. The normalized spacial score (nSPS) is 27.9. The molecule has 26 heavy (non-hydrogen) atoms. The van der Waals surface area contributed by atoms with Crippen molar-refractivity contribution in [3.8, 4) is 11.5 Å². The van der Waals surface area contributed by atoms with Gasteiger partial charge in [-0.15, -0.1) is 0 Å². The summed E-state index contributed by atoms with van der Waals surface area (Å²) in [6, 6.07) is 3.84. The van der Waals surface area contributed by atoms with E-state index in [2.05, 4.69) is 5.32 Å². The number of hydrogen-bond donors (Lipinski definition) is 1. The topological polar surface area (TPSA) is 56.8 Å². The number of hydrogen-bond acceptors (Lipinski definition) is 4. The molecule has 0 aromatic heterocycles. The molecule has 1 aliphatic carbocycles. The molecule has 0 spiro atoms. The van der Waals surface area contributed by atoms with Gasteiger partial charge in [0.1, 0.15) is 5.60 Å². The monoisotopic (exact) mass is 381 g/mol. The molecule has 1 aromatic carbocycles. The van der Waals surface area contributed by atoms with Crippen LogP contribution in [0.15, 0.2) is 12.1 Å². The predicted octanol–water partition coefficient (Wildman–Crippen LogP) is 5.22. The Bertz CT molecular complexity index is 692. The van der Waals surface area contributed by atoms with E-state index in [0.29, 0.717) is 5.02 Å². The van der Waals surface area contributed by atoms with Crippen molar-refractivity contribution < 1.29 is 19.0 Å². The minimum absolute atomic E-state index is 0.129. The number of fused-ring (bicyclic) bond motifs is 1. The number of carbonyl (C=O) groups is 1. The Morgan fingerprint density at radius 2 is 1.88 bits per heavy atom. The van der Waals surface area contributed by atoms with Gasteiger partial charge in [0.05, 0.1) is 0 Å². The Kier molecular flexibility index (Phi) is 5.04. The van der Waals surface area contributed by atoms with E-state index in [9.17, 15) is 4.79 Å². The fourth-order valence-corrected chi connectivity index (χ4v) is 3.84. The third-order valence-corrected chi connectivity index (χ3v) is 5.52. The maximum atomic E-state index is 12.0. The summed E-state index contributed by atoms with van der Waals surface area (Å²) in [4.78, 5) is 12.0. The van der Waals surface area contributed by atoms with Gasteiger partial charge in [-0.05, 0) is 65.5 Å². The number of nitrogens with one attached hydrogen (secondary N) is 1. The van der Waals surface area contributed by atoms with Gasteiger partial charge in [-0.1, -0.05) is 11.6 Å². The molecule has 1 aliphatic heterocycles. The summed E-state index contributed by atoms with van der Waals surface area (Å²) < 4.78 is 17.7. The van der Waals surface area contributed by atoms with Crippen molar-refractivity contribution in [2.45, 2.75) is 77.7 Å². The standard InChI is InChI=1S/C20H28ClNO4/c1-12-15(21)10-11-16-17(12)25-20(5,24-16)13-6-8-14(9-7-13)22-18(23)26-19(2,3)4/h10-11,13-14H,6-9H2,1-5H3,(H,22,23)/t13-,14-,20?. The highest BCUT2D eigenvalue weighted by Crippen LogP contribution is 2.48. The zero-order valence-corrected chi connectivity index (χ0v) is 16.9. The van der Waals surface area contributed by atoms with Crippen LogP contribution in [0.25, 0.3) is 0 Å². The Labute approximate surface area is 160 Å². The summed E-state index contributed by atoms with van der Waals surface area (Å²) in [6.07, 6.45) is 3.23. The molecule has 144 valence electrons. The second kappa shape index (κ2) is 6.84. The molecule has 0 bridgehead atoms. The lowest BCUT2D eigenvalue weighted by Crippen LogP contribution is -2.48. The van der Waals surface area contributed by atoms with E-state index in [0.717, 1.165) is 42.7 Å². The average Bonchev–Trinajstić information content (AvgIpc) is 2.88. The molecule has 1 heterocycles. The van der Waals surface area contributed by atoms with Crippen LogP contribution >= 0.6 is 11.6 Å². The van der Waals surface area contributed by atoms with Gasteiger partial charge >= 0.3 is 6.09 Å². The van der Waals surface area contributed by atoms with Gasteiger partial charge in [0, 0.05) is 29.5 Å². The maximum absolute atomic E-state index is 12.0. The molecule has 1 atom stereocenters. The molecule has 2 aliphatic rings. The van der Waals surface area contributed by atoms with Crippen LogP contribution in [-0.2, 0) is 4.74 Å². The lowest BCUT2D eigenvalue weighted by molar-refractivity contribution is -0.121. The van der Waals surface area contributed by atoms with Crippen LogP contribution in [0.5, 0.6) is 11.5 Å². The van der Waals surface area contributed by atoms with E-state index >= 15 is 0 Å². The van der Waals surface area contributed by atoms with Gasteiger partial charge in [-0.3, -0.25) is 0 Å². The number of alkyl carbamates (subject to hydrolysis) is 1. The van der Waals surface area contributed by atoms with Crippen molar-refractivity contribution >= 4 is 17.7 Å². The Morgan fingerprint density at radius 1 is 1.23 bits per heavy atom. The lowest BCUT2D eigenvalue weighted by Gasteiger charge is -2.37. The van der Waals surface area contributed by atoms with Crippen molar-refractivity contribution in [2.75, 3.05) is 0 Å². The molecular weight excluding hydrogens is 354 g/mol. The van der Waals surface area contributed by atoms with Gasteiger partial charge in [0.15, 0.2) is 11.5 Å². The van der Waals surface area contributed by atoms with Crippen LogP contribution < -0.4 is 14.8 Å². The first-order valence-corrected chi connectivity index (χ1v) is 9.62. The zero-order valence-electron chi connectivity index (χ0n) is 16.1. The van der Waals surface area contributed by atoms with Crippen LogP contribution in [0.4, 0.5) is 4.79 Å². The molecule has 6 heteroatoms. The van der Waals surface area contributed by atoms with Gasteiger partial charge in [0.25, 0.3) is 5.79 Å². The van der Waals surface area contributed by atoms with E-state index in [1.54, 1.807) is 0 Å². The molecule has 1 aromatic rings. The van der Waals surface area contributed by atoms with Gasteiger partial charge < -0.3 is 19.5 Å². The number of rotatable bonds is 2. The van der Waals surface area contributed by atoms with Gasteiger partial charge in [-0.2, -0.15) is 0 Å². The number of halogens is 1. The molecule has 1 saturated carbocycles. The third-order valence-electron chi connectivity index (χ3n) is 5.11. The Morgan fingerprint density at radius 3 is 2.50 bits per heavy atom. The fraction of sp³-hybridized carbons (Fsp3) is 0.650. The van der Waals surface area contributed by atoms with Crippen LogP contribution in [0.3, 0.4) is 0 Å². The molecular formula is C20H28ClNO4. The average molecular weight is 382 g/mol. The fourth-order valence-electron chi connectivity index (χ4n) is 3.69. The summed E-state index contributed by atoms with van der Waals surface area (Å²) in [5.74, 6) is 1.07. The molecule has 1 amide bonds. The first-order chi connectivity index (χ1) is 12.1. The summed E-state index contributed by atoms with van der Waals surface area (Å²) in [6.45, 7) is 9.53. The first-order valence-electron chi connectivity index (χ1n) is 9.24. The van der Waals surface area contributed by atoms with Gasteiger partial charge in [-0.25, -0.2) is 4.79 Å². The van der Waals surface area contributed by atoms with E-state index in [-0.39, 0.29) is 18.1 Å². The van der Waals surface area contributed by atoms with Crippen molar-refractivity contribution in [3.05, 3.63) is 22.7 Å². The third kappa shape index (κ3) is 4.03. The van der Waals surface area contributed by atoms with E-state index in [1.807, 2.05) is 46.8 Å². The number of benzene rings is 1. The van der Waals surface area contributed by atoms with E-state index < -0.39 is 11.4 Å². The Balaban J connectivity index is 1.57. The predicted molar refractivity (Wildman–Crippen MR) is 101 cm³/mol. The number of ether oxygens (including phenoxy) is 3. The van der Waals surface area contributed by atoms with E-state index in [4.69, 9.17) is 25.8 Å². The molecule has 0 radical (unpaired) electrons. The van der Waals surface area contributed by atoms with Crippen LogP contribution in [-0.4, -0.2) is 23.5 Å². The van der Waals surface area contributed by atoms with Crippen LogP contribution in [0, 0.1) is 12.8 Å². The van der Waals surface area contributed by atoms with Crippen molar-refractivity contribution in [2.24, 2.45) is 5.92 Å². The molecule has 1 unspecified atom stereocenters. The second-order valence-electron chi connectivity index (χ2n) is 8.41. The molecule has 3 rings (SSSR count). The van der Waals surface area contributed by atoms with Crippen LogP contribution in [0.1, 0.15) is 58.9 Å². The smallest absolute Gasteiger partial charge is 0.407 e. The Hall–Kier alpha value is -1.62. The summed E-state index contributed by atoms with van der Waals surface area (Å²) in [5.41, 5.74) is 0.429. The minimum atomic E-state index is -0.686. The largest absolute Gasteiger partial charge is 0.448 e. The zero-order chi connectivity index (χ0) is 19.1. The maximum Gasteiger partial charge on any atom is 0.407 e. The highest BCUT2D eigenvalue weighted by Gasteiger charge is 2.46. The van der Waals surface area contributed by atoms with Crippen LogP contribution in [0.2, 0.25) is 5.02 Å². The van der Waals surface area contributed by atoms with Gasteiger partial charge in [0.2, 0.25) is 0 Å². The summed E-state index contributed by atoms with van der Waals surface area (Å²) >= 11 is 6.20. The summed E-state index contributed by atoms with van der Waals surface area (Å²) in [7, 11) is 0. The van der Waals surface area contributed by atoms with E-state index in [1.165, 1.54) is 0 Å². The second-order valence-corrected chi connectivity index (χ2v) is 8.82. The quantitative estimate of drug-likeness (QED) is 0.763. The lowest BCUT2D eigenvalue weighted by atomic mass is 9.81. The van der Waals surface area contributed by atoms with Crippen molar-refractivity contribution in [3.63, 3.8) is 0 Å². The molecule has 5 nitrogen and oxygen atoms in total. The highest BCUT2D eigenvalue weighted by molar-refractivity contribution is 6.31. The molecule has 0 saturated heterocycles. The number of amides is 1.